The fourth-order valence-electron chi connectivity index (χ4n) is 2.79. The average Bonchev–Trinajstić information content (AvgIpc) is 2.67. The molecule has 0 spiro atoms. The van der Waals surface area contributed by atoms with Crippen LogP contribution < -0.4 is 14.4 Å². The van der Waals surface area contributed by atoms with E-state index in [0.29, 0.717) is 16.5 Å². The van der Waals surface area contributed by atoms with Crippen molar-refractivity contribution in [2.24, 2.45) is 5.92 Å². The van der Waals surface area contributed by atoms with Crippen molar-refractivity contribution >= 4 is 33.2 Å². The highest BCUT2D eigenvalue weighted by Crippen LogP contribution is 2.38. The van der Waals surface area contributed by atoms with Crippen molar-refractivity contribution in [2.75, 3.05) is 10.8 Å². The zero-order chi connectivity index (χ0) is 20.5. The molecule has 150 valence electrons. The molecule has 0 saturated heterocycles. The van der Waals surface area contributed by atoms with E-state index in [2.05, 4.69) is 5.32 Å². The summed E-state index contributed by atoms with van der Waals surface area (Å²) in [6.45, 7) is 5.76. The number of fused-ring (bicyclic) bond motifs is 1. The van der Waals surface area contributed by atoms with Crippen LogP contribution in [-0.2, 0) is 14.8 Å². The van der Waals surface area contributed by atoms with E-state index in [0.717, 1.165) is 0 Å². The van der Waals surface area contributed by atoms with Gasteiger partial charge in [0, 0.05) is 11.1 Å². The summed E-state index contributed by atoms with van der Waals surface area (Å²) in [5, 5.41) is 3.27. The lowest BCUT2D eigenvalue weighted by molar-refractivity contribution is -0.128. The maximum atomic E-state index is 13.3. The largest absolute Gasteiger partial charge is 0.476 e. The fourth-order valence-corrected chi connectivity index (χ4v) is 4.45. The van der Waals surface area contributed by atoms with E-state index in [1.165, 1.54) is 22.5 Å². The summed E-state index contributed by atoms with van der Waals surface area (Å²) >= 11 is 6.08. The van der Waals surface area contributed by atoms with Crippen molar-refractivity contribution in [1.82, 2.24) is 5.32 Å². The molecule has 0 aliphatic carbocycles. The summed E-state index contributed by atoms with van der Waals surface area (Å²) < 4.78 is 33.5. The van der Waals surface area contributed by atoms with Gasteiger partial charge < -0.3 is 10.1 Å². The molecular weight excluding hydrogens is 400 g/mol. The van der Waals surface area contributed by atoms with Crippen LogP contribution in [0.25, 0.3) is 0 Å². The van der Waals surface area contributed by atoms with Crippen LogP contribution in [-0.4, -0.2) is 33.0 Å². The molecule has 8 heteroatoms. The van der Waals surface area contributed by atoms with E-state index in [1.54, 1.807) is 30.3 Å². The number of carbonyl (C=O) groups excluding carboxylic acids is 1. The van der Waals surface area contributed by atoms with Crippen molar-refractivity contribution in [1.29, 1.82) is 0 Å². The van der Waals surface area contributed by atoms with Crippen LogP contribution in [0.1, 0.15) is 20.8 Å². The van der Waals surface area contributed by atoms with Crippen LogP contribution in [0.2, 0.25) is 5.02 Å². The molecule has 28 heavy (non-hydrogen) atoms. The number of rotatable bonds is 5. The van der Waals surface area contributed by atoms with Crippen LogP contribution in [0, 0.1) is 5.92 Å². The van der Waals surface area contributed by atoms with Gasteiger partial charge in [-0.05, 0) is 43.2 Å². The Kier molecular flexibility index (Phi) is 5.86. The van der Waals surface area contributed by atoms with Crippen molar-refractivity contribution < 1.29 is 17.9 Å². The number of hydrogen-bond acceptors (Lipinski definition) is 4. The molecule has 0 saturated carbocycles. The van der Waals surface area contributed by atoms with Crippen LogP contribution in [0.5, 0.6) is 5.75 Å². The molecule has 1 heterocycles. The SMILES string of the molecule is CC(C)[C@@H](C)NC(=O)[C@@H]1CN(S(=O)(=O)c2ccccc2)c2cc(Cl)ccc2O1. The minimum Gasteiger partial charge on any atom is -0.476 e. The first-order valence-electron chi connectivity index (χ1n) is 9.04. The molecule has 1 N–H and O–H groups in total. The van der Waals surface area contributed by atoms with Gasteiger partial charge in [0.15, 0.2) is 6.10 Å². The zero-order valence-corrected chi connectivity index (χ0v) is 17.5. The zero-order valence-electron chi connectivity index (χ0n) is 15.9. The molecule has 2 aromatic rings. The molecule has 0 bridgehead atoms. The monoisotopic (exact) mass is 422 g/mol. The number of nitrogens with one attached hydrogen (secondary N) is 1. The van der Waals surface area contributed by atoms with E-state index < -0.39 is 16.1 Å². The van der Waals surface area contributed by atoms with Crippen molar-refractivity contribution in [3.63, 3.8) is 0 Å². The summed E-state index contributed by atoms with van der Waals surface area (Å²) in [7, 11) is -3.89. The lowest BCUT2D eigenvalue weighted by Crippen LogP contribution is -2.52. The van der Waals surface area contributed by atoms with E-state index in [4.69, 9.17) is 16.3 Å². The minimum atomic E-state index is -3.89. The molecule has 6 nitrogen and oxygen atoms in total. The van der Waals surface area contributed by atoms with Gasteiger partial charge in [-0.25, -0.2) is 8.42 Å². The van der Waals surface area contributed by atoms with Gasteiger partial charge in [-0.15, -0.1) is 0 Å². The molecule has 1 amide bonds. The van der Waals surface area contributed by atoms with E-state index in [-0.39, 0.29) is 29.3 Å². The average molecular weight is 423 g/mol. The van der Waals surface area contributed by atoms with Gasteiger partial charge in [-0.2, -0.15) is 0 Å². The third-order valence-corrected chi connectivity index (χ3v) is 6.81. The Labute approximate surface area is 170 Å². The number of nitrogens with zero attached hydrogens (tertiary/aromatic N) is 1. The third kappa shape index (κ3) is 4.10. The molecule has 0 unspecified atom stereocenters. The van der Waals surface area contributed by atoms with Crippen molar-refractivity contribution in [3.8, 4) is 5.75 Å². The van der Waals surface area contributed by atoms with Crippen LogP contribution in [0.15, 0.2) is 53.4 Å². The molecule has 0 fully saturated rings. The summed E-state index contributed by atoms with van der Waals surface area (Å²) in [6.07, 6.45) is -0.964. The maximum Gasteiger partial charge on any atom is 0.264 e. The second kappa shape index (κ2) is 8.01. The normalized spacial score (nSPS) is 17.6. The van der Waals surface area contributed by atoms with Crippen LogP contribution in [0.4, 0.5) is 5.69 Å². The van der Waals surface area contributed by atoms with Gasteiger partial charge in [0.2, 0.25) is 0 Å². The fraction of sp³-hybridized carbons (Fsp3) is 0.350. The van der Waals surface area contributed by atoms with E-state index in [1.807, 2.05) is 20.8 Å². The minimum absolute atomic E-state index is 0.0677. The number of carbonyl (C=O) groups is 1. The van der Waals surface area contributed by atoms with Crippen LogP contribution in [0.3, 0.4) is 0 Å². The smallest absolute Gasteiger partial charge is 0.264 e. The van der Waals surface area contributed by atoms with Gasteiger partial charge in [-0.1, -0.05) is 43.6 Å². The molecular formula is C20H23ClN2O4S. The predicted molar refractivity (Wildman–Crippen MR) is 109 cm³/mol. The summed E-state index contributed by atoms with van der Waals surface area (Å²) in [6, 6.07) is 12.7. The Hall–Kier alpha value is -2.25. The topological polar surface area (TPSA) is 75.7 Å². The van der Waals surface area contributed by atoms with Gasteiger partial charge in [0.1, 0.15) is 5.75 Å². The lowest BCUT2D eigenvalue weighted by atomic mass is 10.1. The number of benzene rings is 2. The van der Waals surface area contributed by atoms with E-state index in [9.17, 15) is 13.2 Å². The Bertz CT molecular complexity index is 963. The third-order valence-electron chi connectivity index (χ3n) is 4.78. The molecule has 0 aromatic heterocycles. The molecule has 0 radical (unpaired) electrons. The Morgan fingerprint density at radius 2 is 1.86 bits per heavy atom. The number of sulfonamides is 1. The number of halogens is 1. The highest BCUT2D eigenvalue weighted by Gasteiger charge is 2.38. The Balaban J connectivity index is 1.99. The summed E-state index contributed by atoms with van der Waals surface area (Å²) in [5.41, 5.74) is 0.317. The van der Waals surface area contributed by atoms with Crippen molar-refractivity contribution in [3.05, 3.63) is 53.6 Å². The first-order chi connectivity index (χ1) is 13.2. The quantitative estimate of drug-likeness (QED) is 0.800. The first-order valence-corrected chi connectivity index (χ1v) is 10.9. The first kappa shape index (κ1) is 20.5. The number of hydrogen-bond donors (Lipinski definition) is 1. The highest BCUT2D eigenvalue weighted by atomic mass is 35.5. The lowest BCUT2D eigenvalue weighted by Gasteiger charge is -2.35. The highest BCUT2D eigenvalue weighted by molar-refractivity contribution is 7.92. The Morgan fingerprint density at radius 1 is 1.18 bits per heavy atom. The van der Waals surface area contributed by atoms with Crippen LogP contribution >= 0.6 is 11.6 Å². The second-order valence-electron chi connectivity index (χ2n) is 7.11. The number of anilines is 1. The van der Waals surface area contributed by atoms with Gasteiger partial charge in [0.05, 0.1) is 17.1 Å². The van der Waals surface area contributed by atoms with E-state index >= 15 is 0 Å². The molecule has 1 aliphatic heterocycles. The number of ether oxygens (including phenoxy) is 1. The second-order valence-corrected chi connectivity index (χ2v) is 9.41. The standard InChI is InChI=1S/C20H23ClN2O4S/c1-13(2)14(3)22-20(24)19-12-23(17-11-15(21)9-10-18(17)27-19)28(25,26)16-7-5-4-6-8-16/h4-11,13-14,19H,12H2,1-3H3,(H,22,24)/t14-,19+/m1/s1. The Morgan fingerprint density at radius 3 is 2.50 bits per heavy atom. The van der Waals surface area contributed by atoms with Gasteiger partial charge in [-0.3, -0.25) is 9.10 Å². The number of amides is 1. The van der Waals surface area contributed by atoms with Gasteiger partial charge in [0.25, 0.3) is 15.9 Å². The molecule has 1 aliphatic rings. The molecule has 2 aromatic carbocycles. The summed E-state index contributed by atoms with van der Waals surface area (Å²) in [5.74, 6) is 0.186. The molecule has 2 atom stereocenters. The molecule has 3 rings (SSSR count). The van der Waals surface area contributed by atoms with Crippen molar-refractivity contribution in [2.45, 2.75) is 37.8 Å². The summed E-state index contributed by atoms with van der Waals surface area (Å²) in [4.78, 5) is 12.9. The van der Waals surface area contributed by atoms with Gasteiger partial charge >= 0.3 is 0 Å². The maximum absolute atomic E-state index is 13.3. The predicted octanol–water partition coefficient (Wildman–Crippen LogP) is 3.46.